The number of aromatic nitrogens is 1. The van der Waals surface area contributed by atoms with E-state index in [1.165, 1.54) is 22.0 Å². The normalized spacial score (nSPS) is 18.2. The third kappa shape index (κ3) is 4.03. The van der Waals surface area contributed by atoms with Gasteiger partial charge < -0.3 is 10.7 Å². The first-order chi connectivity index (χ1) is 8.22. The molecule has 6 heteroatoms. The molecule has 3 rings (SSSR count). The summed E-state index contributed by atoms with van der Waals surface area (Å²) in [7, 11) is 0. The predicted molar refractivity (Wildman–Crippen MR) is 92.6 cm³/mol. The standard InChI is InChI=1S/C14H19N3.3ClH/c1-10-2-3-13-11(7-16-14(13)6-10)8-17-5-4-12(15)9-17;;;/h2-3,6-7,12,16H,4-5,8-9,15H2,1H3;3*1H/t12-;;;/m1.../s1. The third-order valence-corrected chi connectivity index (χ3v) is 3.63. The van der Waals surface area contributed by atoms with Crippen LogP contribution in [-0.2, 0) is 6.54 Å². The van der Waals surface area contributed by atoms with E-state index in [4.69, 9.17) is 5.73 Å². The number of nitrogens with one attached hydrogen (secondary N) is 1. The van der Waals surface area contributed by atoms with Crippen LogP contribution < -0.4 is 5.73 Å². The van der Waals surface area contributed by atoms with Gasteiger partial charge >= 0.3 is 0 Å². The molecule has 2 heterocycles. The van der Waals surface area contributed by atoms with E-state index < -0.39 is 0 Å². The van der Waals surface area contributed by atoms with Gasteiger partial charge in [0.25, 0.3) is 0 Å². The first kappa shape index (κ1) is 19.6. The second kappa shape index (κ2) is 8.11. The Bertz CT molecular complexity index is 541. The van der Waals surface area contributed by atoms with Crippen LogP contribution in [0.3, 0.4) is 0 Å². The molecule has 20 heavy (non-hydrogen) atoms. The van der Waals surface area contributed by atoms with Crippen molar-refractivity contribution in [3.8, 4) is 0 Å². The van der Waals surface area contributed by atoms with Crippen LogP contribution in [0.1, 0.15) is 17.5 Å². The van der Waals surface area contributed by atoms with Crippen molar-refractivity contribution in [1.29, 1.82) is 0 Å². The summed E-state index contributed by atoms with van der Waals surface area (Å²) >= 11 is 0. The monoisotopic (exact) mass is 337 g/mol. The van der Waals surface area contributed by atoms with Gasteiger partial charge in [0.1, 0.15) is 0 Å². The van der Waals surface area contributed by atoms with Gasteiger partial charge in [-0.3, -0.25) is 4.90 Å². The van der Waals surface area contributed by atoms with Crippen molar-refractivity contribution in [1.82, 2.24) is 9.88 Å². The fourth-order valence-corrected chi connectivity index (χ4v) is 2.68. The zero-order valence-corrected chi connectivity index (χ0v) is 13.9. The Labute approximate surface area is 138 Å². The molecule has 0 unspecified atom stereocenters. The molecule has 1 atom stereocenters. The Kier molecular flexibility index (Phi) is 7.92. The van der Waals surface area contributed by atoms with E-state index in [0.29, 0.717) is 6.04 Å². The zero-order valence-electron chi connectivity index (χ0n) is 11.5. The number of fused-ring (bicyclic) bond motifs is 1. The Morgan fingerprint density at radius 1 is 1.30 bits per heavy atom. The van der Waals surface area contributed by atoms with E-state index >= 15 is 0 Å². The lowest BCUT2D eigenvalue weighted by molar-refractivity contribution is 0.328. The Balaban J connectivity index is 0.00000120. The lowest BCUT2D eigenvalue weighted by Crippen LogP contribution is -2.26. The quantitative estimate of drug-likeness (QED) is 0.882. The number of rotatable bonds is 2. The summed E-state index contributed by atoms with van der Waals surface area (Å²) in [5.41, 5.74) is 9.86. The van der Waals surface area contributed by atoms with E-state index in [0.717, 1.165) is 26.1 Å². The summed E-state index contributed by atoms with van der Waals surface area (Å²) in [5, 5.41) is 1.34. The summed E-state index contributed by atoms with van der Waals surface area (Å²) in [4.78, 5) is 5.79. The number of likely N-dealkylation sites (tertiary alicyclic amines) is 1. The van der Waals surface area contributed by atoms with Crippen molar-refractivity contribution < 1.29 is 0 Å². The molecule has 114 valence electrons. The molecule has 0 aliphatic carbocycles. The highest BCUT2D eigenvalue weighted by molar-refractivity contribution is 5.86. The fourth-order valence-electron chi connectivity index (χ4n) is 2.68. The molecule has 1 aliphatic heterocycles. The van der Waals surface area contributed by atoms with Gasteiger partial charge in [0.15, 0.2) is 0 Å². The maximum absolute atomic E-state index is 5.94. The number of aryl methyl sites for hydroxylation is 1. The van der Waals surface area contributed by atoms with E-state index in [9.17, 15) is 0 Å². The lowest BCUT2D eigenvalue weighted by atomic mass is 10.1. The van der Waals surface area contributed by atoms with Crippen LogP contribution in [0, 0.1) is 6.92 Å². The summed E-state index contributed by atoms with van der Waals surface area (Å²) in [6.07, 6.45) is 3.26. The number of halogens is 3. The van der Waals surface area contributed by atoms with Crippen LogP contribution in [0.2, 0.25) is 0 Å². The van der Waals surface area contributed by atoms with Crippen molar-refractivity contribution in [3.05, 3.63) is 35.5 Å². The van der Waals surface area contributed by atoms with Gasteiger partial charge in [-0.2, -0.15) is 0 Å². The number of hydrogen-bond donors (Lipinski definition) is 2. The van der Waals surface area contributed by atoms with Crippen molar-refractivity contribution in [2.24, 2.45) is 5.73 Å². The van der Waals surface area contributed by atoms with Gasteiger partial charge in [-0.05, 0) is 30.5 Å². The molecule has 1 aliphatic rings. The minimum Gasteiger partial charge on any atom is -0.361 e. The van der Waals surface area contributed by atoms with E-state index in [2.05, 4.69) is 41.2 Å². The summed E-state index contributed by atoms with van der Waals surface area (Å²) < 4.78 is 0. The molecule has 1 aromatic carbocycles. The van der Waals surface area contributed by atoms with Gasteiger partial charge in [0.2, 0.25) is 0 Å². The van der Waals surface area contributed by atoms with Gasteiger partial charge in [-0.15, -0.1) is 37.2 Å². The Morgan fingerprint density at radius 2 is 2.05 bits per heavy atom. The van der Waals surface area contributed by atoms with Crippen molar-refractivity contribution in [3.63, 3.8) is 0 Å². The van der Waals surface area contributed by atoms with Gasteiger partial charge in [-0.25, -0.2) is 0 Å². The maximum Gasteiger partial charge on any atom is 0.0459 e. The number of benzene rings is 1. The first-order valence-corrected chi connectivity index (χ1v) is 6.27. The van der Waals surface area contributed by atoms with Gasteiger partial charge in [0.05, 0.1) is 0 Å². The van der Waals surface area contributed by atoms with Crippen LogP contribution in [0.4, 0.5) is 0 Å². The van der Waals surface area contributed by atoms with Gasteiger partial charge in [0, 0.05) is 42.8 Å². The average Bonchev–Trinajstić information content (AvgIpc) is 2.86. The van der Waals surface area contributed by atoms with E-state index in [-0.39, 0.29) is 37.2 Å². The largest absolute Gasteiger partial charge is 0.361 e. The molecular weight excluding hydrogens is 317 g/mol. The molecule has 2 aromatic rings. The van der Waals surface area contributed by atoms with Crippen molar-refractivity contribution >= 4 is 48.1 Å². The van der Waals surface area contributed by atoms with E-state index in [1.54, 1.807) is 0 Å². The molecule has 0 bridgehead atoms. The minimum absolute atomic E-state index is 0. The Hall–Kier alpha value is -0.450. The van der Waals surface area contributed by atoms with Crippen LogP contribution >= 0.6 is 37.2 Å². The summed E-state index contributed by atoms with van der Waals surface area (Å²) in [6.45, 7) is 5.29. The van der Waals surface area contributed by atoms with Crippen LogP contribution in [0.5, 0.6) is 0 Å². The number of nitrogens with zero attached hydrogens (tertiary/aromatic N) is 1. The SMILES string of the molecule is Cc1ccc2c(CN3CC[C@@H](N)C3)c[nH]c2c1.Cl.Cl.Cl. The topological polar surface area (TPSA) is 45.0 Å². The molecule has 1 aromatic heterocycles. The fraction of sp³-hybridized carbons (Fsp3) is 0.429. The molecule has 1 saturated heterocycles. The molecule has 3 nitrogen and oxygen atoms in total. The predicted octanol–water partition coefficient (Wildman–Crippen LogP) is 3.27. The molecule has 3 N–H and O–H groups in total. The van der Waals surface area contributed by atoms with Crippen molar-refractivity contribution in [2.75, 3.05) is 13.1 Å². The minimum atomic E-state index is 0. The highest BCUT2D eigenvalue weighted by atomic mass is 35.5. The molecular formula is C14H22Cl3N3. The lowest BCUT2D eigenvalue weighted by Gasteiger charge is -2.14. The van der Waals surface area contributed by atoms with Crippen LogP contribution in [-0.4, -0.2) is 29.0 Å². The number of H-pyrrole nitrogens is 1. The highest BCUT2D eigenvalue weighted by Gasteiger charge is 2.19. The second-order valence-electron chi connectivity index (χ2n) is 5.15. The van der Waals surface area contributed by atoms with Gasteiger partial charge in [-0.1, -0.05) is 12.1 Å². The average molecular weight is 339 g/mol. The second-order valence-corrected chi connectivity index (χ2v) is 5.15. The third-order valence-electron chi connectivity index (χ3n) is 3.63. The maximum atomic E-state index is 5.94. The molecule has 0 amide bonds. The summed E-state index contributed by atoms with van der Waals surface area (Å²) in [6, 6.07) is 6.96. The first-order valence-electron chi connectivity index (χ1n) is 6.27. The van der Waals surface area contributed by atoms with E-state index in [1.807, 2.05) is 0 Å². The number of nitrogens with two attached hydrogens (primary N) is 1. The zero-order chi connectivity index (χ0) is 11.8. The Morgan fingerprint density at radius 3 is 2.70 bits per heavy atom. The molecule has 0 saturated carbocycles. The van der Waals surface area contributed by atoms with Crippen molar-refractivity contribution in [2.45, 2.75) is 25.9 Å². The highest BCUT2D eigenvalue weighted by Crippen LogP contribution is 2.22. The smallest absolute Gasteiger partial charge is 0.0459 e. The molecule has 0 radical (unpaired) electrons. The number of aromatic amines is 1. The van der Waals surface area contributed by atoms with Crippen LogP contribution in [0.15, 0.2) is 24.4 Å². The summed E-state index contributed by atoms with van der Waals surface area (Å²) in [5.74, 6) is 0. The molecule has 0 spiro atoms. The molecule has 1 fully saturated rings. The number of hydrogen-bond acceptors (Lipinski definition) is 2. The van der Waals surface area contributed by atoms with Crippen LogP contribution in [0.25, 0.3) is 10.9 Å².